The summed E-state index contributed by atoms with van der Waals surface area (Å²) in [4.78, 5) is 5.37. The molecule has 0 saturated carbocycles. The summed E-state index contributed by atoms with van der Waals surface area (Å²) in [5.41, 5.74) is 17.1. The molecule has 0 amide bonds. The van der Waals surface area contributed by atoms with Gasteiger partial charge in [-0.05, 0) is 80.6 Å². The van der Waals surface area contributed by atoms with Crippen molar-refractivity contribution in [2.45, 2.75) is 35.5 Å². The summed E-state index contributed by atoms with van der Waals surface area (Å²) < 4.78 is 2.66. The number of benzene rings is 8. The Kier molecular flexibility index (Phi) is 6.05. The van der Waals surface area contributed by atoms with E-state index in [1.807, 2.05) is 23.1 Å². The van der Waals surface area contributed by atoms with Crippen LogP contribution in [0, 0.1) is 0 Å². The van der Waals surface area contributed by atoms with Gasteiger partial charge in [0.05, 0.1) is 11.4 Å². The van der Waals surface area contributed by atoms with Gasteiger partial charge in [-0.2, -0.15) is 0 Å². The molecule has 0 N–H and O–H groups in total. The van der Waals surface area contributed by atoms with Crippen molar-refractivity contribution in [3.8, 4) is 33.4 Å². The van der Waals surface area contributed by atoms with E-state index in [1.54, 1.807) is 0 Å². The second-order valence-electron chi connectivity index (χ2n) is 15.2. The second-order valence-corrected chi connectivity index (χ2v) is 17.3. The van der Waals surface area contributed by atoms with E-state index >= 15 is 0 Å². The zero-order chi connectivity index (χ0) is 35.0. The molecule has 1 aliphatic carbocycles. The second kappa shape index (κ2) is 10.7. The molecule has 0 saturated heterocycles. The van der Waals surface area contributed by atoms with Crippen LogP contribution in [0.3, 0.4) is 0 Å². The SMILES string of the molecule is CC1(C)c2ccccc2-c2c3c4c5c(cccc5c21)-c1ccccc1Cc1cccc(c1S4)N3c1cc(-c2ccccc2)c2sc3ccccc3c2c1. The van der Waals surface area contributed by atoms with Gasteiger partial charge < -0.3 is 4.90 Å². The predicted molar refractivity (Wildman–Crippen MR) is 227 cm³/mol. The summed E-state index contributed by atoms with van der Waals surface area (Å²) in [6, 6.07) is 57.2. The Bertz CT molecular complexity index is 3040. The van der Waals surface area contributed by atoms with E-state index in [2.05, 4.69) is 170 Å². The topological polar surface area (TPSA) is 3.24 Å². The third kappa shape index (κ3) is 3.99. The first-order valence-electron chi connectivity index (χ1n) is 18.5. The molecule has 8 aromatic carbocycles. The zero-order valence-electron chi connectivity index (χ0n) is 29.4. The first-order chi connectivity index (χ1) is 26.1. The summed E-state index contributed by atoms with van der Waals surface area (Å²) in [6.07, 6.45) is 0.886. The molecular formula is C50H33NS2. The molecule has 1 nitrogen and oxygen atoms in total. The third-order valence-electron chi connectivity index (χ3n) is 12.0. The van der Waals surface area contributed by atoms with E-state index in [0.29, 0.717) is 0 Å². The summed E-state index contributed by atoms with van der Waals surface area (Å²) in [5, 5.41) is 5.37. The van der Waals surface area contributed by atoms with Crippen LogP contribution in [0.1, 0.15) is 36.1 Å². The van der Waals surface area contributed by atoms with Crippen molar-refractivity contribution in [3.63, 3.8) is 0 Å². The number of hydrogen-bond donors (Lipinski definition) is 0. The molecule has 0 fully saturated rings. The Hall–Kier alpha value is -5.61. The highest BCUT2D eigenvalue weighted by Crippen LogP contribution is 2.65. The summed E-state index contributed by atoms with van der Waals surface area (Å²) in [7, 11) is 0. The van der Waals surface area contributed by atoms with Gasteiger partial charge in [0.2, 0.25) is 0 Å². The first kappa shape index (κ1) is 29.9. The van der Waals surface area contributed by atoms with E-state index in [-0.39, 0.29) is 5.41 Å². The smallest absolute Gasteiger partial charge is 0.0689 e. The van der Waals surface area contributed by atoms with Gasteiger partial charge in [-0.15, -0.1) is 11.3 Å². The normalized spacial score (nSPS) is 14.6. The van der Waals surface area contributed by atoms with Crippen molar-refractivity contribution in [1.29, 1.82) is 0 Å². The molecular weight excluding hydrogens is 679 g/mol. The number of rotatable bonds is 2. The minimum absolute atomic E-state index is 0.182. The van der Waals surface area contributed by atoms with E-state index in [9.17, 15) is 0 Å². The molecule has 2 aliphatic heterocycles. The molecule has 9 aromatic rings. The lowest BCUT2D eigenvalue weighted by molar-refractivity contribution is 0.666. The molecule has 3 heterocycles. The number of fused-ring (bicyclic) bond motifs is 10. The van der Waals surface area contributed by atoms with Gasteiger partial charge in [0.25, 0.3) is 0 Å². The number of hydrogen-bond acceptors (Lipinski definition) is 3. The lowest BCUT2D eigenvalue weighted by atomic mass is 9.79. The fraction of sp³-hybridized carbons (Fsp3) is 0.0800. The Balaban J connectivity index is 1.30. The number of thiophene rings is 1. The lowest BCUT2D eigenvalue weighted by Gasteiger charge is -2.37. The molecule has 0 radical (unpaired) electrons. The van der Waals surface area contributed by atoms with Gasteiger partial charge in [-0.25, -0.2) is 0 Å². The highest BCUT2D eigenvalue weighted by molar-refractivity contribution is 8.00. The first-order valence-corrected chi connectivity index (χ1v) is 20.1. The number of nitrogens with zero attached hydrogens (tertiary/aromatic N) is 1. The van der Waals surface area contributed by atoms with Crippen molar-refractivity contribution >= 4 is 71.1 Å². The van der Waals surface area contributed by atoms with Crippen LogP contribution < -0.4 is 4.90 Å². The standard InChI is InChI=1S/C50H33NS2/c1-50(2)40-23-10-8-20-36(40)44-45(50)37-22-13-21-35-33-18-7-6-16-30(33)26-31-17-12-24-41-47(31)53-49(43(35)37)46(44)51(41)32-27-38(29-14-4-3-5-15-29)48-39(28-32)34-19-9-11-25-42(34)52-48/h3-25,27-28H,26H2,1-2H3. The van der Waals surface area contributed by atoms with Crippen LogP contribution in [0.4, 0.5) is 17.1 Å². The number of anilines is 3. The molecule has 0 unspecified atom stereocenters. The van der Waals surface area contributed by atoms with Crippen LogP contribution in [-0.4, -0.2) is 0 Å². The maximum absolute atomic E-state index is 2.66. The Labute approximate surface area is 317 Å². The maximum atomic E-state index is 2.66. The van der Waals surface area contributed by atoms with E-state index in [4.69, 9.17) is 0 Å². The van der Waals surface area contributed by atoms with Crippen molar-refractivity contribution in [2.24, 2.45) is 0 Å². The molecule has 0 atom stereocenters. The van der Waals surface area contributed by atoms with Gasteiger partial charge in [0.15, 0.2) is 0 Å². The Morgan fingerprint density at radius 3 is 2.19 bits per heavy atom. The highest BCUT2D eigenvalue weighted by Gasteiger charge is 2.43. The fourth-order valence-corrected chi connectivity index (χ4v) is 12.3. The maximum Gasteiger partial charge on any atom is 0.0689 e. The molecule has 0 spiro atoms. The average molecular weight is 712 g/mol. The monoisotopic (exact) mass is 711 g/mol. The highest BCUT2D eigenvalue weighted by atomic mass is 32.2. The van der Waals surface area contributed by atoms with Crippen LogP contribution >= 0.6 is 23.1 Å². The van der Waals surface area contributed by atoms with Gasteiger partial charge in [0.1, 0.15) is 0 Å². The van der Waals surface area contributed by atoms with Gasteiger partial charge in [0, 0.05) is 57.6 Å². The van der Waals surface area contributed by atoms with Crippen molar-refractivity contribution in [1.82, 2.24) is 0 Å². The predicted octanol–water partition coefficient (Wildman–Crippen LogP) is 14.7. The van der Waals surface area contributed by atoms with Crippen LogP contribution in [0.5, 0.6) is 0 Å². The van der Waals surface area contributed by atoms with Crippen molar-refractivity contribution in [3.05, 3.63) is 174 Å². The summed E-state index contributed by atoms with van der Waals surface area (Å²) in [6.45, 7) is 4.87. The van der Waals surface area contributed by atoms with Crippen molar-refractivity contribution < 1.29 is 0 Å². The van der Waals surface area contributed by atoms with E-state index < -0.39 is 0 Å². The minimum Gasteiger partial charge on any atom is -0.307 e. The van der Waals surface area contributed by atoms with Crippen LogP contribution in [-0.2, 0) is 11.8 Å². The quantitative estimate of drug-likeness (QED) is 0.176. The Morgan fingerprint density at radius 1 is 0.566 bits per heavy atom. The minimum atomic E-state index is -0.182. The largest absolute Gasteiger partial charge is 0.307 e. The molecule has 1 aromatic heterocycles. The molecule has 53 heavy (non-hydrogen) atoms. The van der Waals surface area contributed by atoms with Gasteiger partial charge >= 0.3 is 0 Å². The summed E-state index contributed by atoms with van der Waals surface area (Å²) >= 11 is 3.90. The summed E-state index contributed by atoms with van der Waals surface area (Å²) in [5.74, 6) is 0. The molecule has 3 aliphatic rings. The molecule has 250 valence electrons. The van der Waals surface area contributed by atoms with E-state index in [1.165, 1.54) is 113 Å². The third-order valence-corrected chi connectivity index (χ3v) is 14.5. The average Bonchev–Trinajstić information content (AvgIpc) is 3.70. The van der Waals surface area contributed by atoms with Gasteiger partial charge in [-0.3, -0.25) is 0 Å². The van der Waals surface area contributed by atoms with Crippen LogP contribution in [0.25, 0.3) is 64.3 Å². The molecule has 12 rings (SSSR count). The zero-order valence-corrected chi connectivity index (χ0v) is 31.0. The Morgan fingerprint density at radius 2 is 1.28 bits per heavy atom. The van der Waals surface area contributed by atoms with Crippen LogP contribution in [0.2, 0.25) is 0 Å². The molecule has 2 bridgehead atoms. The van der Waals surface area contributed by atoms with E-state index in [0.717, 1.165) is 6.42 Å². The molecule has 3 heteroatoms. The fourth-order valence-electron chi connectivity index (χ4n) is 9.73. The van der Waals surface area contributed by atoms with Crippen LogP contribution in [0.15, 0.2) is 161 Å². The van der Waals surface area contributed by atoms with Gasteiger partial charge in [-0.1, -0.05) is 153 Å². The van der Waals surface area contributed by atoms with Crippen molar-refractivity contribution in [2.75, 3.05) is 4.90 Å². The lowest BCUT2D eigenvalue weighted by Crippen LogP contribution is -2.20.